The second kappa shape index (κ2) is 6.74. The fourth-order valence-corrected chi connectivity index (χ4v) is 2.27. The zero-order chi connectivity index (χ0) is 14.5. The van der Waals surface area contributed by atoms with Crippen molar-refractivity contribution in [2.75, 3.05) is 13.2 Å². The minimum absolute atomic E-state index is 0.00765. The van der Waals surface area contributed by atoms with Crippen LogP contribution in [0.2, 0.25) is 0 Å². The summed E-state index contributed by atoms with van der Waals surface area (Å²) in [7, 11) is 1.87. The molecule has 2 aromatic rings. The SMILES string of the molecule is CCCNC(=O)CCOc1nn(C)c2ccc(Br)cc12. The molecule has 1 amide bonds. The Morgan fingerprint density at radius 1 is 1.50 bits per heavy atom. The van der Waals surface area contributed by atoms with Crippen molar-refractivity contribution in [3.63, 3.8) is 0 Å². The molecule has 0 saturated carbocycles. The van der Waals surface area contributed by atoms with Crippen molar-refractivity contribution in [3.05, 3.63) is 22.7 Å². The van der Waals surface area contributed by atoms with Gasteiger partial charge >= 0.3 is 0 Å². The van der Waals surface area contributed by atoms with Gasteiger partial charge in [0.2, 0.25) is 11.8 Å². The number of aryl methyl sites for hydroxylation is 1. The van der Waals surface area contributed by atoms with Gasteiger partial charge in [-0.05, 0) is 24.6 Å². The zero-order valence-electron chi connectivity index (χ0n) is 11.6. The number of carbonyl (C=O) groups is 1. The van der Waals surface area contributed by atoms with Gasteiger partial charge in [0.25, 0.3) is 0 Å². The number of ether oxygens (including phenoxy) is 1. The predicted molar refractivity (Wildman–Crippen MR) is 81.8 cm³/mol. The molecule has 0 unspecified atom stereocenters. The highest BCUT2D eigenvalue weighted by atomic mass is 79.9. The van der Waals surface area contributed by atoms with Gasteiger partial charge in [-0.2, -0.15) is 0 Å². The Morgan fingerprint density at radius 3 is 3.05 bits per heavy atom. The van der Waals surface area contributed by atoms with E-state index in [0.29, 0.717) is 25.5 Å². The monoisotopic (exact) mass is 339 g/mol. The van der Waals surface area contributed by atoms with E-state index in [9.17, 15) is 4.79 Å². The summed E-state index contributed by atoms with van der Waals surface area (Å²) in [6, 6.07) is 5.91. The third-order valence-electron chi connectivity index (χ3n) is 2.92. The minimum Gasteiger partial charge on any atom is -0.476 e. The normalized spacial score (nSPS) is 10.8. The lowest BCUT2D eigenvalue weighted by Gasteiger charge is -2.04. The Hall–Kier alpha value is -1.56. The maximum absolute atomic E-state index is 11.5. The summed E-state index contributed by atoms with van der Waals surface area (Å²) in [5.74, 6) is 0.570. The molecule has 0 spiro atoms. The van der Waals surface area contributed by atoms with Gasteiger partial charge in [-0.25, -0.2) is 0 Å². The van der Waals surface area contributed by atoms with Gasteiger partial charge in [0.1, 0.15) is 0 Å². The Kier molecular flexibility index (Phi) is 5.00. The van der Waals surface area contributed by atoms with E-state index in [2.05, 4.69) is 26.3 Å². The van der Waals surface area contributed by atoms with Crippen molar-refractivity contribution in [2.45, 2.75) is 19.8 Å². The lowest BCUT2D eigenvalue weighted by atomic mass is 10.2. The first-order chi connectivity index (χ1) is 9.61. The fourth-order valence-electron chi connectivity index (χ4n) is 1.91. The molecule has 5 nitrogen and oxygen atoms in total. The van der Waals surface area contributed by atoms with E-state index in [1.165, 1.54) is 0 Å². The fraction of sp³-hybridized carbons (Fsp3) is 0.429. The Labute approximate surface area is 126 Å². The quantitative estimate of drug-likeness (QED) is 0.880. The average molecular weight is 340 g/mol. The first-order valence-corrected chi connectivity index (χ1v) is 7.43. The van der Waals surface area contributed by atoms with E-state index in [1.54, 1.807) is 4.68 Å². The van der Waals surface area contributed by atoms with Gasteiger partial charge in [-0.15, -0.1) is 5.10 Å². The summed E-state index contributed by atoms with van der Waals surface area (Å²) in [6.45, 7) is 3.06. The molecule has 2 rings (SSSR count). The molecular formula is C14H18BrN3O2. The summed E-state index contributed by atoms with van der Waals surface area (Å²) in [5, 5.41) is 8.09. The van der Waals surface area contributed by atoms with Gasteiger partial charge in [-0.1, -0.05) is 22.9 Å². The lowest BCUT2D eigenvalue weighted by molar-refractivity contribution is -0.121. The molecule has 108 valence electrons. The van der Waals surface area contributed by atoms with Gasteiger partial charge in [0, 0.05) is 18.1 Å². The largest absolute Gasteiger partial charge is 0.476 e. The smallest absolute Gasteiger partial charge is 0.240 e. The molecule has 0 aliphatic carbocycles. The standard InChI is InChI=1S/C14H18BrN3O2/c1-3-7-16-13(19)6-8-20-14-11-9-10(15)4-5-12(11)18(2)17-14/h4-5,9H,3,6-8H2,1-2H3,(H,16,19). The summed E-state index contributed by atoms with van der Waals surface area (Å²) >= 11 is 3.44. The second-order valence-corrected chi connectivity index (χ2v) is 5.45. The third-order valence-corrected chi connectivity index (χ3v) is 3.41. The molecule has 0 aliphatic heterocycles. The van der Waals surface area contributed by atoms with Crippen LogP contribution in [-0.2, 0) is 11.8 Å². The van der Waals surface area contributed by atoms with Crippen molar-refractivity contribution in [2.24, 2.45) is 7.05 Å². The summed E-state index contributed by atoms with van der Waals surface area (Å²) in [5.41, 5.74) is 0.999. The van der Waals surface area contributed by atoms with Crippen LogP contribution in [0.3, 0.4) is 0 Å². The van der Waals surface area contributed by atoms with Crippen LogP contribution in [0.15, 0.2) is 22.7 Å². The maximum Gasteiger partial charge on any atom is 0.240 e. The van der Waals surface area contributed by atoms with Crippen LogP contribution in [0.5, 0.6) is 5.88 Å². The molecule has 20 heavy (non-hydrogen) atoms. The van der Waals surface area contributed by atoms with Crippen LogP contribution in [0.1, 0.15) is 19.8 Å². The number of halogens is 1. The Morgan fingerprint density at radius 2 is 2.30 bits per heavy atom. The third kappa shape index (κ3) is 3.50. The van der Waals surface area contributed by atoms with Crippen LogP contribution in [0.4, 0.5) is 0 Å². The molecule has 0 saturated heterocycles. The molecule has 0 bridgehead atoms. The molecule has 0 radical (unpaired) electrons. The molecule has 0 fully saturated rings. The molecule has 1 aromatic heterocycles. The Bertz CT molecular complexity index is 610. The van der Waals surface area contributed by atoms with Crippen molar-refractivity contribution in [3.8, 4) is 5.88 Å². The number of rotatable bonds is 6. The number of hydrogen-bond acceptors (Lipinski definition) is 3. The van der Waals surface area contributed by atoms with Gasteiger partial charge in [-0.3, -0.25) is 9.48 Å². The number of fused-ring (bicyclic) bond motifs is 1. The molecule has 1 N–H and O–H groups in total. The molecular weight excluding hydrogens is 322 g/mol. The highest BCUT2D eigenvalue weighted by molar-refractivity contribution is 9.10. The number of nitrogens with zero attached hydrogens (tertiary/aromatic N) is 2. The van der Waals surface area contributed by atoms with E-state index in [0.717, 1.165) is 21.8 Å². The van der Waals surface area contributed by atoms with Gasteiger partial charge in [0.15, 0.2) is 0 Å². The first-order valence-electron chi connectivity index (χ1n) is 6.63. The number of aromatic nitrogens is 2. The Balaban J connectivity index is 2.00. The maximum atomic E-state index is 11.5. The highest BCUT2D eigenvalue weighted by Crippen LogP contribution is 2.27. The molecule has 1 heterocycles. The van der Waals surface area contributed by atoms with Gasteiger partial charge in [0.05, 0.1) is 23.9 Å². The first kappa shape index (κ1) is 14.8. The highest BCUT2D eigenvalue weighted by Gasteiger charge is 2.10. The average Bonchev–Trinajstić information content (AvgIpc) is 2.73. The molecule has 6 heteroatoms. The molecule has 0 aliphatic rings. The molecule has 0 atom stereocenters. The number of hydrogen-bond donors (Lipinski definition) is 1. The van der Waals surface area contributed by atoms with E-state index in [4.69, 9.17) is 4.74 Å². The van der Waals surface area contributed by atoms with Crippen LogP contribution < -0.4 is 10.1 Å². The van der Waals surface area contributed by atoms with E-state index < -0.39 is 0 Å². The van der Waals surface area contributed by atoms with Crippen molar-refractivity contribution in [1.82, 2.24) is 15.1 Å². The van der Waals surface area contributed by atoms with Gasteiger partial charge < -0.3 is 10.1 Å². The second-order valence-electron chi connectivity index (χ2n) is 4.54. The van der Waals surface area contributed by atoms with Crippen molar-refractivity contribution in [1.29, 1.82) is 0 Å². The number of carbonyl (C=O) groups excluding carboxylic acids is 1. The van der Waals surface area contributed by atoms with Crippen LogP contribution in [-0.4, -0.2) is 28.8 Å². The summed E-state index contributed by atoms with van der Waals surface area (Å²) < 4.78 is 8.38. The van der Waals surface area contributed by atoms with E-state index in [1.807, 2.05) is 32.2 Å². The zero-order valence-corrected chi connectivity index (χ0v) is 13.2. The van der Waals surface area contributed by atoms with E-state index in [-0.39, 0.29) is 5.91 Å². The number of benzene rings is 1. The van der Waals surface area contributed by atoms with Crippen molar-refractivity contribution < 1.29 is 9.53 Å². The summed E-state index contributed by atoms with van der Waals surface area (Å²) in [4.78, 5) is 11.5. The summed E-state index contributed by atoms with van der Waals surface area (Å²) in [6.07, 6.45) is 1.28. The molecule has 1 aromatic carbocycles. The minimum atomic E-state index is 0.00765. The van der Waals surface area contributed by atoms with Crippen LogP contribution in [0.25, 0.3) is 10.9 Å². The van der Waals surface area contributed by atoms with Crippen molar-refractivity contribution >= 4 is 32.7 Å². The number of amides is 1. The predicted octanol–water partition coefficient (Wildman–Crippen LogP) is 2.63. The van der Waals surface area contributed by atoms with Crippen LogP contribution in [0, 0.1) is 0 Å². The van der Waals surface area contributed by atoms with Crippen LogP contribution >= 0.6 is 15.9 Å². The lowest BCUT2D eigenvalue weighted by Crippen LogP contribution is -2.25. The number of nitrogens with one attached hydrogen (secondary N) is 1. The topological polar surface area (TPSA) is 56.1 Å². The van der Waals surface area contributed by atoms with E-state index >= 15 is 0 Å².